The van der Waals surface area contributed by atoms with Gasteiger partial charge < -0.3 is 4.74 Å². The van der Waals surface area contributed by atoms with Gasteiger partial charge in [-0.25, -0.2) is 13.1 Å². The number of rotatable bonds is 8. The van der Waals surface area contributed by atoms with Crippen molar-refractivity contribution in [2.45, 2.75) is 25.1 Å². The van der Waals surface area contributed by atoms with Crippen LogP contribution in [-0.2, 0) is 25.3 Å². The molecule has 2 aromatic rings. The Kier molecular flexibility index (Phi) is 8.00. The summed E-state index contributed by atoms with van der Waals surface area (Å²) in [6.07, 6.45) is 0.00579. The summed E-state index contributed by atoms with van der Waals surface area (Å²) in [6.45, 7) is 1.96. The first-order valence-corrected chi connectivity index (χ1v) is 11.2. The number of esters is 1. The fourth-order valence-electron chi connectivity index (χ4n) is 2.57. The van der Waals surface area contributed by atoms with Crippen LogP contribution >= 0.6 is 22.6 Å². The number of carbonyl (C=O) groups is 1. The van der Waals surface area contributed by atoms with Crippen LogP contribution in [0.4, 0.5) is 0 Å². The second-order valence-electron chi connectivity index (χ2n) is 6.14. The number of benzene rings is 2. The number of hydrogen-bond donors (Lipinski definition) is 1. The molecule has 2 rings (SSSR count). The van der Waals surface area contributed by atoms with E-state index in [0.29, 0.717) is 11.1 Å². The molecule has 27 heavy (non-hydrogen) atoms. The maximum Gasteiger partial charge on any atom is 0.309 e. The van der Waals surface area contributed by atoms with E-state index in [-0.39, 0.29) is 12.2 Å². The average Bonchev–Trinajstić information content (AvgIpc) is 2.65. The van der Waals surface area contributed by atoms with Crippen molar-refractivity contribution in [1.29, 1.82) is 0 Å². The zero-order chi connectivity index (χ0) is 19.9. The average molecular weight is 499 g/mol. The predicted molar refractivity (Wildman–Crippen MR) is 115 cm³/mol. The van der Waals surface area contributed by atoms with Crippen molar-refractivity contribution in [2.24, 2.45) is 0 Å². The molecule has 0 radical (unpaired) electrons. The molecular weight excluding hydrogens is 477 g/mol. The number of nitrogens with one attached hydrogen (secondary N) is 1. The van der Waals surface area contributed by atoms with Crippen LogP contribution in [0.3, 0.4) is 0 Å². The predicted octanol–water partition coefficient (Wildman–Crippen LogP) is 4.04. The van der Waals surface area contributed by atoms with Crippen molar-refractivity contribution in [3.05, 3.63) is 80.9 Å². The van der Waals surface area contributed by atoms with E-state index < -0.39 is 22.0 Å². The highest BCUT2D eigenvalue weighted by molar-refractivity contribution is 14.1. The molecular formula is C20H22INO4S. The van der Waals surface area contributed by atoms with E-state index in [2.05, 4.69) is 4.72 Å². The third-order valence-corrected chi connectivity index (χ3v) is 6.10. The molecule has 1 atom stereocenters. The number of methoxy groups -OCH3 is 1. The molecule has 0 aliphatic rings. The van der Waals surface area contributed by atoms with Gasteiger partial charge in [0, 0.05) is 0 Å². The molecule has 2 aromatic carbocycles. The van der Waals surface area contributed by atoms with Crippen molar-refractivity contribution in [1.82, 2.24) is 4.72 Å². The highest BCUT2D eigenvalue weighted by Gasteiger charge is 2.25. The van der Waals surface area contributed by atoms with Gasteiger partial charge in [-0.15, -0.1) is 0 Å². The number of sulfonamides is 1. The molecule has 1 unspecified atom stereocenters. The Morgan fingerprint density at radius 3 is 2.33 bits per heavy atom. The SMILES string of the molecule is COC(=O)C/C(=C/I)C(NS(=O)(=O)Cc1ccccc1)c1ccc(C)cc1. The number of carbonyl (C=O) groups excluding carboxylic acids is 1. The van der Waals surface area contributed by atoms with Crippen LogP contribution in [0, 0.1) is 6.92 Å². The Morgan fingerprint density at radius 2 is 1.78 bits per heavy atom. The van der Waals surface area contributed by atoms with Gasteiger partial charge in [-0.2, -0.15) is 0 Å². The van der Waals surface area contributed by atoms with Gasteiger partial charge in [0.25, 0.3) is 0 Å². The van der Waals surface area contributed by atoms with Gasteiger partial charge in [0.15, 0.2) is 0 Å². The monoisotopic (exact) mass is 499 g/mol. The lowest BCUT2D eigenvalue weighted by molar-refractivity contribution is -0.139. The van der Waals surface area contributed by atoms with E-state index in [1.54, 1.807) is 28.3 Å². The Labute approximate surface area is 174 Å². The molecule has 0 bridgehead atoms. The normalized spacial score (nSPS) is 13.2. The summed E-state index contributed by atoms with van der Waals surface area (Å²) in [5, 5.41) is 0. The number of aryl methyl sites for hydroxylation is 1. The molecule has 0 aliphatic heterocycles. The number of ether oxygens (including phenoxy) is 1. The summed E-state index contributed by atoms with van der Waals surface area (Å²) >= 11 is 2.02. The lowest BCUT2D eigenvalue weighted by atomic mass is 9.98. The first kappa shape index (κ1) is 21.6. The van der Waals surface area contributed by atoms with Gasteiger partial charge in [0.2, 0.25) is 10.0 Å². The van der Waals surface area contributed by atoms with Crippen LogP contribution in [0.2, 0.25) is 0 Å². The van der Waals surface area contributed by atoms with Crippen LogP contribution in [0.5, 0.6) is 0 Å². The molecule has 144 valence electrons. The maximum absolute atomic E-state index is 12.8. The van der Waals surface area contributed by atoms with E-state index in [1.807, 2.05) is 59.8 Å². The van der Waals surface area contributed by atoms with E-state index in [9.17, 15) is 13.2 Å². The summed E-state index contributed by atoms with van der Waals surface area (Å²) in [5.74, 6) is -0.555. The zero-order valence-electron chi connectivity index (χ0n) is 15.2. The summed E-state index contributed by atoms with van der Waals surface area (Å²) in [4.78, 5) is 11.8. The van der Waals surface area contributed by atoms with Crippen molar-refractivity contribution < 1.29 is 17.9 Å². The van der Waals surface area contributed by atoms with Gasteiger partial charge >= 0.3 is 5.97 Å². The molecule has 0 saturated heterocycles. The summed E-state index contributed by atoms with van der Waals surface area (Å²) < 4.78 is 34.8. The van der Waals surface area contributed by atoms with Gasteiger partial charge in [0.05, 0.1) is 25.3 Å². The van der Waals surface area contributed by atoms with Gasteiger partial charge in [-0.3, -0.25) is 4.79 Å². The molecule has 0 aliphatic carbocycles. The minimum absolute atomic E-state index is 0.00579. The largest absolute Gasteiger partial charge is 0.469 e. The molecule has 1 N–H and O–H groups in total. The number of halogens is 1. The fraction of sp³-hybridized carbons (Fsp3) is 0.250. The van der Waals surface area contributed by atoms with Gasteiger partial charge in [-0.1, -0.05) is 82.8 Å². The Bertz CT molecular complexity index is 893. The van der Waals surface area contributed by atoms with Crippen LogP contribution in [-0.4, -0.2) is 21.5 Å². The van der Waals surface area contributed by atoms with Crippen LogP contribution in [0.15, 0.2) is 64.3 Å². The maximum atomic E-state index is 12.8. The first-order chi connectivity index (χ1) is 12.8. The third kappa shape index (κ3) is 6.75. The molecule has 7 heteroatoms. The van der Waals surface area contributed by atoms with Crippen LogP contribution in [0.25, 0.3) is 0 Å². The smallest absolute Gasteiger partial charge is 0.309 e. The lowest BCUT2D eigenvalue weighted by Crippen LogP contribution is -2.31. The zero-order valence-corrected chi connectivity index (χ0v) is 18.2. The molecule has 0 aromatic heterocycles. The Hall–Kier alpha value is -1.71. The third-order valence-electron chi connectivity index (χ3n) is 3.99. The van der Waals surface area contributed by atoms with Crippen molar-refractivity contribution in [3.63, 3.8) is 0 Å². The van der Waals surface area contributed by atoms with Gasteiger partial charge in [-0.05, 0) is 27.7 Å². The first-order valence-electron chi connectivity index (χ1n) is 8.31. The topological polar surface area (TPSA) is 72.5 Å². The molecule has 0 fully saturated rings. The minimum Gasteiger partial charge on any atom is -0.469 e. The van der Waals surface area contributed by atoms with E-state index in [4.69, 9.17) is 4.74 Å². The summed E-state index contributed by atoms with van der Waals surface area (Å²) in [7, 11) is -2.32. The molecule has 0 heterocycles. The fourth-order valence-corrected chi connectivity index (χ4v) is 4.52. The molecule has 5 nitrogen and oxygen atoms in total. The van der Waals surface area contributed by atoms with E-state index >= 15 is 0 Å². The Morgan fingerprint density at radius 1 is 1.15 bits per heavy atom. The summed E-state index contributed by atoms with van der Waals surface area (Å²) in [6, 6.07) is 15.9. The van der Waals surface area contributed by atoms with Crippen LogP contribution < -0.4 is 4.72 Å². The standard InChI is InChI=1S/C20H22INO4S/c1-15-8-10-17(11-9-15)20(18(13-21)12-19(23)26-2)22-27(24,25)14-16-6-4-3-5-7-16/h3-11,13,20,22H,12,14H2,1-2H3/b18-13-. The quantitative estimate of drug-likeness (QED) is 0.440. The second kappa shape index (κ2) is 10.0. The van der Waals surface area contributed by atoms with E-state index in [1.165, 1.54) is 7.11 Å². The molecule has 0 saturated carbocycles. The van der Waals surface area contributed by atoms with Crippen molar-refractivity contribution in [2.75, 3.05) is 7.11 Å². The van der Waals surface area contributed by atoms with Crippen LogP contribution in [0.1, 0.15) is 29.2 Å². The second-order valence-corrected chi connectivity index (χ2v) is 8.52. The molecule has 0 amide bonds. The highest BCUT2D eigenvalue weighted by atomic mass is 127. The molecule has 0 spiro atoms. The minimum atomic E-state index is -3.64. The summed E-state index contributed by atoms with van der Waals surface area (Å²) in [5.41, 5.74) is 3.16. The Balaban J connectivity index is 2.33. The highest BCUT2D eigenvalue weighted by Crippen LogP contribution is 2.27. The van der Waals surface area contributed by atoms with Gasteiger partial charge in [0.1, 0.15) is 0 Å². The van der Waals surface area contributed by atoms with Crippen molar-refractivity contribution >= 4 is 38.6 Å². The van der Waals surface area contributed by atoms with E-state index in [0.717, 1.165) is 11.1 Å². The lowest BCUT2D eigenvalue weighted by Gasteiger charge is -2.22. The van der Waals surface area contributed by atoms with Crippen molar-refractivity contribution in [3.8, 4) is 0 Å². The number of hydrogen-bond acceptors (Lipinski definition) is 4.